The van der Waals surface area contributed by atoms with Crippen LogP contribution < -0.4 is 0 Å². The zero-order chi connectivity index (χ0) is 22.7. The average Bonchev–Trinajstić information content (AvgIpc) is 3.52. The summed E-state index contributed by atoms with van der Waals surface area (Å²) in [6.07, 6.45) is 1.62. The minimum atomic E-state index is -3.70. The van der Waals surface area contributed by atoms with Gasteiger partial charge in [-0.2, -0.15) is 4.31 Å². The number of hydrogen-bond donors (Lipinski definition) is 0. The van der Waals surface area contributed by atoms with Gasteiger partial charge in [0.2, 0.25) is 15.9 Å². The van der Waals surface area contributed by atoms with Gasteiger partial charge < -0.3 is 13.8 Å². The van der Waals surface area contributed by atoms with E-state index in [1.54, 1.807) is 36.3 Å². The Morgan fingerprint density at radius 1 is 1.16 bits per heavy atom. The lowest BCUT2D eigenvalue weighted by atomic mass is 10.3. The molecule has 0 saturated carbocycles. The Bertz CT molecular complexity index is 1080. The van der Waals surface area contributed by atoms with Crippen molar-refractivity contribution in [2.45, 2.75) is 31.8 Å². The van der Waals surface area contributed by atoms with Crippen molar-refractivity contribution in [2.75, 3.05) is 32.7 Å². The molecule has 0 unspecified atom stereocenters. The van der Waals surface area contributed by atoms with Crippen molar-refractivity contribution in [1.82, 2.24) is 19.3 Å². The summed E-state index contributed by atoms with van der Waals surface area (Å²) in [5.74, 6) is 1.05. The molecule has 0 aromatic carbocycles. The molecule has 4 heterocycles. The lowest BCUT2D eigenvalue weighted by Crippen LogP contribution is -2.52. The zero-order valence-electron chi connectivity index (χ0n) is 18.1. The molecule has 1 fully saturated rings. The van der Waals surface area contributed by atoms with Gasteiger partial charge in [0.1, 0.15) is 16.3 Å². The number of sulfonamides is 1. The third-order valence-electron chi connectivity index (χ3n) is 5.44. The molecule has 172 valence electrons. The molecule has 0 N–H and O–H groups in total. The fourth-order valence-electron chi connectivity index (χ4n) is 3.85. The Hall–Kier alpha value is -2.47. The Balaban J connectivity index is 1.38. The molecule has 1 amide bonds. The van der Waals surface area contributed by atoms with E-state index in [-0.39, 0.29) is 36.2 Å². The molecule has 0 bridgehead atoms. The van der Waals surface area contributed by atoms with Crippen molar-refractivity contribution < 1.29 is 22.2 Å². The largest absolute Gasteiger partial charge is 0.468 e. The molecule has 4 rings (SSSR count). The maximum absolute atomic E-state index is 13.0. The fraction of sp³-hybridized carbons (Fsp3) is 0.429. The first-order chi connectivity index (χ1) is 15.3. The highest BCUT2D eigenvalue weighted by Gasteiger charge is 2.34. The summed E-state index contributed by atoms with van der Waals surface area (Å²) in [7, 11) is -3.70. The van der Waals surface area contributed by atoms with Crippen molar-refractivity contribution in [2.24, 2.45) is 0 Å². The summed E-state index contributed by atoms with van der Waals surface area (Å²) >= 11 is 1.65. The zero-order valence-corrected chi connectivity index (χ0v) is 19.7. The quantitative estimate of drug-likeness (QED) is 0.490. The number of thiophene rings is 1. The maximum atomic E-state index is 13.0. The Kier molecular flexibility index (Phi) is 6.79. The molecular weight excluding hydrogens is 452 g/mol. The molecule has 3 aromatic heterocycles. The van der Waals surface area contributed by atoms with Gasteiger partial charge in [-0.25, -0.2) is 8.42 Å². The molecule has 9 nitrogen and oxygen atoms in total. The van der Waals surface area contributed by atoms with E-state index in [4.69, 9.17) is 8.94 Å². The van der Waals surface area contributed by atoms with Gasteiger partial charge in [0, 0.05) is 37.6 Å². The monoisotopic (exact) mass is 478 g/mol. The number of rotatable bonds is 8. The van der Waals surface area contributed by atoms with Gasteiger partial charge >= 0.3 is 0 Å². The van der Waals surface area contributed by atoms with Gasteiger partial charge in [-0.1, -0.05) is 11.2 Å². The number of furan rings is 1. The number of amides is 1. The van der Waals surface area contributed by atoms with E-state index < -0.39 is 10.0 Å². The van der Waals surface area contributed by atoms with Crippen LogP contribution in [0.5, 0.6) is 0 Å². The summed E-state index contributed by atoms with van der Waals surface area (Å²) < 4.78 is 37.9. The molecule has 1 aliphatic rings. The fourth-order valence-corrected chi connectivity index (χ4v) is 6.31. The van der Waals surface area contributed by atoms with E-state index in [0.29, 0.717) is 31.9 Å². The summed E-state index contributed by atoms with van der Waals surface area (Å²) in [5, 5.41) is 5.77. The molecule has 32 heavy (non-hydrogen) atoms. The van der Waals surface area contributed by atoms with Crippen LogP contribution in [0.25, 0.3) is 0 Å². The molecule has 1 saturated heterocycles. The summed E-state index contributed by atoms with van der Waals surface area (Å²) in [6.45, 7) is 5.77. The molecule has 0 radical (unpaired) electrons. The number of aryl methyl sites for hydroxylation is 2. The standard InChI is InChI=1S/C21H26N4O5S2/c1-16-21(17(2)30-22-16)32(27,28)25-9-7-24(8-10-25)20(26)15-23(13-18-5-3-11-29-18)14-19-6-4-12-31-19/h3-6,11-12H,7-10,13-15H2,1-2H3. The van der Waals surface area contributed by atoms with Crippen LogP contribution in [0.4, 0.5) is 0 Å². The van der Waals surface area contributed by atoms with Crippen molar-refractivity contribution in [3.05, 3.63) is 58.0 Å². The van der Waals surface area contributed by atoms with Crippen molar-refractivity contribution in [3.8, 4) is 0 Å². The topological polar surface area (TPSA) is 100 Å². The number of piperazine rings is 1. The predicted molar refractivity (Wildman–Crippen MR) is 118 cm³/mol. The third kappa shape index (κ3) is 4.96. The molecule has 11 heteroatoms. The minimum Gasteiger partial charge on any atom is -0.468 e. The smallest absolute Gasteiger partial charge is 0.248 e. The van der Waals surface area contributed by atoms with Crippen LogP contribution in [-0.2, 0) is 27.9 Å². The molecule has 3 aromatic rings. The highest BCUT2D eigenvalue weighted by Crippen LogP contribution is 2.24. The molecule has 0 atom stereocenters. The SMILES string of the molecule is Cc1noc(C)c1S(=O)(=O)N1CCN(C(=O)CN(Cc2ccco2)Cc2cccs2)CC1. The maximum Gasteiger partial charge on any atom is 0.248 e. The Morgan fingerprint density at radius 3 is 2.53 bits per heavy atom. The Labute approximate surface area is 191 Å². The third-order valence-corrected chi connectivity index (χ3v) is 8.44. The number of carbonyl (C=O) groups excluding carboxylic acids is 1. The van der Waals surface area contributed by atoms with E-state index in [0.717, 1.165) is 5.76 Å². The molecule has 0 aliphatic carbocycles. The summed E-state index contributed by atoms with van der Waals surface area (Å²) in [6, 6.07) is 7.76. The van der Waals surface area contributed by atoms with Crippen LogP contribution >= 0.6 is 11.3 Å². The molecular formula is C21H26N4O5S2. The van der Waals surface area contributed by atoms with Gasteiger partial charge in [-0.15, -0.1) is 11.3 Å². The van der Waals surface area contributed by atoms with Crippen LogP contribution in [0.2, 0.25) is 0 Å². The van der Waals surface area contributed by atoms with Crippen LogP contribution in [0.15, 0.2) is 49.7 Å². The first-order valence-corrected chi connectivity index (χ1v) is 12.6. The highest BCUT2D eigenvalue weighted by atomic mass is 32.2. The minimum absolute atomic E-state index is 0.0255. The van der Waals surface area contributed by atoms with Crippen LogP contribution in [0.1, 0.15) is 22.1 Å². The Morgan fingerprint density at radius 2 is 1.94 bits per heavy atom. The predicted octanol–water partition coefficient (Wildman–Crippen LogP) is 2.48. The van der Waals surface area contributed by atoms with Gasteiger partial charge in [-0.05, 0) is 37.4 Å². The van der Waals surface area contributed by atoms with E-state index >= 15 is 0 Å². The van der Waals surface area contributed by atoms with Crippen molar-refractivity contribution in [1.29, 1.82) is 0 Å². The first-order valence-electron chi connectivity index (χ1n) is 10.3. The average molecular weight is 479 g/mol. The van der Waals surface area contributed by atoms with E-state index in [2.05, 4.69) is 5.16 Å². The number of nitrogens with zero attached hydrogens (tertiary/aromatic N) is 4. The van der Waals surface area contributed by atoms with Gasteiger partial charge in [0.15, 0.2) is 5.76 Å². The number of aromatic nitrogens is 1. The van der Waals surface area contributed by atoms with E-state index in [1.165, 1.54) is 9.18 Å². The van der Waals surface area contributed by atoms with Crippen molar-refractivity contribution in [3.63, 3.8) is 0 Å². The normalized spacial score (nSPS) is 15.5. The molecule has 0 spiro atoms. The van der Waals surface area contributed by atoms with Gasteiger partial charge in [0.25, 0.3) is 0 Å². The first kappa shape index (κ1) is 22.7. The van der Waals surface area contributed by atoms with Crippen molar-refractivity contribution >= 4 is 27.3 Å². The van der Waals surface area contributed by atoms with Gasteiger partial charge in [-0.3, -0.25) is 9.69 Å². The number of carbonyl (C=O) groups is 1. The summed E-state index contributed by atoms with van der Waals surface area (Å²) in [5.41, 5.74) is 0.350. The van der Waals surface area contributed by atoms with Crippen LogP contribution in [0, 0.1) is 13.8 Å². The van der Waals surface area contributed by atoms with Crippen LogP contribution in [-0.4, -0.2) is 66.3 Å². The highest BCUT2D eigenvalue weighted by molar-refractivity contribution is 7.89. The molecule has 1 aliphatic heterocycles. The lowest BCUT2D eigenvalue weighted by Gasteiger charge is -2.35. The summed E-state index contributed by atoms with van der Waals surface area (Å²) in [4.78, 5) is 18.1. The van der Waals surface area contributed by atoms with Gasteiger partial charge in [0.05, 0.1) is 19.4 Å². The second-order valence-electron chi connectivity index (χ2n) is 7.74. The van der Waals surface area contributed by atoms with E-state index in [9.17, 15) is 13.2 Å². The van der Waals surface area contributed by atoms with E-state index in [1.807, 2.05) is 34.5 Å². The lowest BCUT2D eigenvalue weighted by molar-refractivity contribution is -0.133. The second kappa shape index (κ2) is 9.57. The number of hydrogen-bond acceptors (Lipinski definition) is 8. The second-order valence-corrected chi connectivity index (χ2v) is 10.6. The van der Waals surface area contributed by atoms with Crippen LogP contribution in [0.3, 0.4) is 0 Å².